The predicted molar refractivity (Wildman–Crippen MR) is 82.5 cm³/mol. The van der Waals surface area contributed by atoms with Gasteiger partial charge in [-0.05, 0) is 38.5 Å². The quantitative estimate of drug-likeness (QED) is 0.722. The summed E-state index contributed by atoms with van der Waals surface area (Å²) in [4.78, 5) is 25.1. The van der Waals surface area contributed by atoms with Crippen LogP contribution in [0.1, 0.15) is 51.9 Å². The van der Waals surface area contributed by atoms with E-state index in [9.17, 15) is 14.7 Å². The molecule has 2 amide bonds. The molecule has 1 unspecified atom stereocenters. The van der Waals surface area contributed by atoms with Crippen LogP contribution in [0.2, 0.25) is 0 Å². The summed E-state index contributed by atoms with van der Waals surface area (Å²) in [6, 6.07) is 0.0172. The number of carbonyl (C=O) groups excluding carboxylic acids is 1. The molecule has 1 heterocycles. The highest BCUT2D eigenvalue weighted by Gasteiger charge is 2.39. The molecule has 0 aromatic carbocycles. The maximum absolute atomic E-state index is 12.4. The maximum atomic E-state index is 12.4. The normalized spacial score (nSPS) is 32.0. The van der Waals surface area contributed by atoms with Crippen molar-refractivity contribution in [3.05, 3.63) is 0 Å². The lowest BCUT2D eigenvalue weighted by molar-refractivity contribution is -0.142. The fraction of sp³-hybridized carbons (Fsp3) is 0.875. The Morgan fingerprint density at radius 2 is 1.95 bits per heavy atom. The zero-order chi connectivity index (χ0) is 16.2. The van der Waals surface area contributed by atoms with Gasteiger partial charge in [0, 0.05) is 24.5 Å². The SMILES string of the molecule is CCCC1(CO)CCN(C(=O)NC2CCC(C(=O)O)CC2)C1. The van der Waals surface area contributed by atoms with Gasteiger partial charge in [0.2, 0.25) is 0 Å². The predicted octanol–water partition coefficient (Wildman–Crippen LogP) is 1.82. The summed E-state index contributed by atoms with van der Waals surface area (Å²) in [5.41, 5.74) is -0.132. The summed E-state index contributed by atoms with van der Waals surface area (Å²) in [5, 5.41) is 21.7. The third-order valence-electron chi connectivity index (χ3n) is 5.25. The fourth-order valence-corrected chi connectivity index (χ4v) is 3.80. The van der Waals surface area contributed by atoms with Crippen molar-refractivity contribution in [2.75, 3.05) is 19.7 Å². The number of hydrogen-bond acceptors (Lipinski definition) is 3. The van der Waals surface area contributed by atoms with Gasteiger partial charge in [0.15, 0.2) is 0 Å². The van der Waals surface area contributed by atoms with Gasteiger partial charge in [-0.1, -0.05) is 13.3 Å². The number of carboxylic acids is 1. The second-order valence-electron chi connectivity index (χ2n) is 6.92. The molecule has 0 spiro atoms. The standard InChI is InChI=1S/C16H28N2O4/c1-2-7-16(11-19)8-9-18(10-16)15(22)17-13-5-3-12(4-6-13)14(20)21/h12-13,19H,2-11H2,1H3,(H,17,22)(H,20,21). The average molecular weight is 312 g/mol. The molecule has 1 aliphatic heterocycles. The second-order valence-corrected chi connectivity index (χ2v) is 6.92. The number of aliphatic hydroxyl groups excluding tert-OH is 1. The van der Waals surface area contributed by atoms with Gasteiger partial charge < -0.3 is 20.4 Å². The molecular weight excluding hydrogens is 284 g/mol. The topological polar surface area (TPSA) is 89.9 Å². The zero-order valence-electron chi connectivity index (χ0n) is 13.4. The van der Waals surface area contributed by atoms with E-state index in [1.165, 1.54) is 0 Å². The van der Waals surface area contributed by atoms with Crippen molar-refractivity contribution >= 4 is 12.0 Å². The lowest BCUT2D eigenvalue weighted by atomic mass is 9.83. The van der Waals surface area contributed by atoms with E-state index in [-0.39, 0.29) is 30.0 Å². The highest BCUT2D eigenvalue weighted by Crippen LogP contribution is 2.34. The van der Waals surface area contributed by atoms with E-state index in [1.54, 1.807) is 4.90 Å². The van der Waals surface area contributed by atoms with Gasteiger partial charge >= 0.3 is 12.0 Å². The fourth-order valence-electron chi connectivity index (χ4n) is 3.80. The number of urea groups is 1. The van der Waals surface area contributed by atoms with Gasteiger partial charge in [0.1, 0.15) is 0 Å². The molecule has 0 aromatic rings. The molecule has 3 N–H and O–H groups in total. The van der Waals surface area contributed by atoms with Gasteiger partial charge in [-0.15, -0.1) is 0 Å². The highest BCUT2D eigenvalue weighted by molar-refractivity contribution is 5.75. The Bertz CT molecular complexity index is 407. The zero-order valence-corrected chi connectivity index (χ0v) is 13.4. The van der Waals surface area contributed by atoms with E-state index in [2.05, 4.69) is 12.2 Å². The number of nitrogens with one attached hydrogen (secondary N) is 1. The molecular formula is C16H28N2O4. The van der Waals surface area contributed by atoms with Crippen LogP contribution in [0.3, 0.4) is 0 Å². The lowest BCUT2D eigenvalue weighted by Gasteiger charge is -2.30. The molecule has 6 nitrogen and oxygen atoms in total. The van der Waals surface area contributed by atoms with Crippen LogP contribution in [-0.4, -0.2) is 52.9 Å². The summed E-state index contributed by atoms with van der Waals surface area (Å²) >= 11 is 0. The van der Waals surface area contributed by atoms with Crippen molar-refractivity contribution in [1.82, 2.24) is 10.2 Å². The Balaban J connectivity index is 1.80. The van der Waals surface area contributed by atoms with Crippen LogP contribution in [0.25, 0.3) is 0 Å². The van der Waals surface area contributed by atoms with E-state index in [4.69, 9.17) is 5.11 Å². The Morgan fingerprint density at radius 1 is 1.27 bits per heavy atom. The number of rotatable bonds is 5. The van der Waals surface area contributed by atoms with E-state index >= 15 is 0 Å². The first-order valence-corrected chi connectivity index (χ1v) is 8.39. The molecule has 1 aliphatic carbocycles. The first kappa shape index (κ1) is 17.1. The number of amides is 2. The molecule has 6 heteroatoms. The van der Waals surface area contributed by atoms with Gasteiger partial charge in [-0.25, -0.2) is 4.79 Å². The number of aliphatic carboxylic acids is 1. The minimum Gasteiger partial charge on any atom is -0.481 e. The van der Waals surface area contributed by atoms with E-state index in [1.807, 2.05) is 0 Å². The molecule has 1 atom stereocenters. The summed E-state index contributed by atoms with van der Waals surface area (Å²) in [6.07, 6.45) is 5.55. The van der Waals surface area contributed by atoms with Crippen LogP contribution in [0, 0.1) is 11.3 Å². The molecule has 22 heavy (non-hydrogen) atoms. The smallest absolute Gasteiger partial charge is 0.317 e. The summed E-state index contributed by atoms with van der Waals surface area (Å²) < 4.78 is 0. The van der Waals surface area contributed by atoms with Gasteiger partial charge in [0.25, 0.3) is 0 Å². The van der Waals surface area contributed by atoms with Gasteiger partial charge in [-0.3, -0.25) is 4.79 Å². The van der Waals surface area contributed by atoms with E-state index in [0.29, 0.717) is 25.9 Å². The molecule has 126 valence electrons. The third kappa shape index (κ3) is 3.91. The lowest BCUT2D eigenvalue weighted by Crippen LogP contribution is -2.46. The Labute approximate surface area is 131 Å². The number of likely N-dealkylation sites (tertiary alicyclic amines) is 1. The third-order valence-corrected chi connectivity index (χ3v) is 5.25. The van der Waals surface area contributed by atoms with Crippen LogP contribution in [0.15, 0.2) is 0 Å². The Kier molecular flexibility index (Phi) is 5.67. The first-order valence-electron chi connectivity index (χ1n) is 8.39. The monoisotopic (exact) mass is 312 g/mol. The van der Waals surface area contributed by atoms with E-state index in [0.717, 1.165) is 32.1 Å². The Morgan fingerprint density at radius 3 is 2.50 bits per heavy atom. The van der Waals surface area contributed by atoms with Gasteiger partial charge in [0.05, 0.1) is 12.5 Å². The number of carbonyl (C=O) groups is 2. The molecule has 2 aliphatic rings. The minimum atomic E-state index is -0.725. The van der Waals surface area contributed by atoms with E-state index < -0.39 is 5.97 Å². The molecule has 0 aromatic heterocycles. The summed E-state index contributed by atoms with van der Waals surface area (Å²) in [6.45, 7) is 3.54. The largest absolute Gasteiger partial charge is 0.481 e. The maximum Gasteiger partial charge on any atom is 0.317 e. The second kappa shape index (κ2) is 7.31. The van der Waals surface area contributed by atoms with Crippen LogP contribution in [0.5, 0.6) is 0 Å². The van der Waals surface area contributed by atoms with Crippen molar-refractivity contribution in [3.63, 3.8) is 0 Å². The van der Waals surface area contributed by atoms with Crippen LogP contribution >= 0.6 is 0 Å². The van der Waals surface area contributed by atoms with Crippen LogP contribution in [0.4, 0.5) is 4.79 Å². The summed E-state index contributed by atoms with van der Waals surface area (Å²) in [7, 11) is 0. The van der Waals surface area contributed by atoms with Crippen LogP contribution in [-0.2, 0) is 4.79 Å². The van der Waals surface area contributed by atoms with Crippen molar-refractivity contribution < 1.29 is 19.8 Å². The number of aliphatic hydroxyl groups is 1. The van der Waals surface area contributed by atoms with Gasteiger partial charge in [-0.2, -0.15) is 0 Å². The molecule has 1 saturated carbocycles. The molecule has 1 saturated heterocycles. The average Bonchev–Trinajstić information content (AvgIpc) is 2.93. The van der Waals surface area contributed by atoms with Crippen molar-refractivity contribution in [1.29, 1.82) is 0 Å². The summed E-state index contributed by atoms with van der Waals surface area (Å²) in [5.74, 6) is -0.983. The molecule has 0 bridgehead atoms. The van der Waals surface area contributed by atoms with Crippen molar-refractivity contribution in [2.45, 2.75) is 57.9 Å². The van der Waals surface area contributed by atoms with Crippen LogP contribution < -0.4 is 5.32 Å². The first-order chi connectivity index (χ1) is 10.5. The van der Waals surface area contributed by atoms with Crippen molar-refractivity contribution in [2.24, 2.45) is 11.3 Å². The Hall–Kier alpha value is -1.30. The molecule has 2 rings (SSSR count). The molecule has 2 fully saturated rings. The highest BCUT2D eigenvalue weighted by atomic mass is 16.4. The number of hydrogen-bond donors (Lipinski definition) is 3. The minimum absolute atomic E-state index is 0.0646. The van der Waals surface area contributed by atoms with Crippen molar-refractivity contribution in [3.8, 4) is 0 Å². The number of carboxylic acid groups (broad SMARTS) is 1. The molecule has 0 radical (unpaired) electrons. The number of nitrogens with zero attached hydrogens (tertiary/aromatic N) is 1.